The van der Waals surface area contributed by atoms with Gasteiger partial charge >= 0.3 is 0 Å². The predicted octanol–water partition coefficient (Wildman–Crippen LogP) is 2.01. The monoisotopic (exact) mass is 338 g/mol. The molecule has 24 heavy (non-hydrogen) atoms. The third kappa shape index (κ3) is 3.87. The van der Waals surface area contributed by atoms with Gasteiger partial charge in [0, 0.05) is 31.6 Å². The number of aromatic nitrogens is 2. The third-order valence-electron chi connectivity index (χ3n) is 3.61. The Labute approximate surface area is 138 Å². The molecule has 2 amide bonds. The number of hydrogen-bond acceptors (Lipinski definition) is 3. The maximum Gasteiger partial charge on any atom is 0.295 e. The summed E-state index contributed by atoms with van der Waals surface area (Å²) in [6, 6.07) is 4.62. The van der Waals surface area contributed by atoms with Gasteiger partial charge in [0.25, 0.3) is 12.3 Å². The van der Waals surface area contributed by atoms with E-state index in [1.807, 2.05) is 0 Å². The van der Waals surface area contributed by atoms with Crippen molar-refractivity contribution >= 4 is 22.8 Å². The number of carbonyl (C=O) groups excluding carboxylic acids is 2. The van der Waals surface area contributed by atoms with Crippen molar-refractivity contribution in [2.45, 2.75) is 20.3 Å². The standard InChI is InChI=1S/C16H20F2N4O2/c1-9(2)15(23)19-6-7-20-16(24)10-4-5-12-11(8-10)21-14(13(17)18)22(12)3/h4-5,8-9,13H,6-7H2,1-3H3,(H,19,23)(H,20,24). The van der Waals surface area contributed by atoms with Gasteiger partial charge in [-0.3, -0.25) is 9.59 Å². The van der Waals surface area contributed by atoms with E-state index >= 15 is 0 Å². The van der Waals surface area contributed by atoms with Crippen LogP contribution < -0.4 is 10.6 Å². The Bertz CT molecular complexity index is 756. The molecule has 0 saturated heterocycles. The molecule has 0 saturated carbocycles. The normalized spacial score (nSPS) is 11.3. The van der Waals surface area contributed by atoms with Crippen LogP contribution in [0.1, 0.15) is 36.5 Å². The minimum absolute atomic E-state index is 0.0846. The number of imidazole rings is 1. The van der Waals surface area contributed by atoms with E-state index in [4.69, 9.17) is 0 Å². The Kier molecular flexibility index (Phi) is 5.48. The maximum absolute atomic E-state index is 12.9. The predicted molar refractivity (Wildman–Crippen MR) is 85.9 cm³/mol. The molecule has 0 spiro atoms. The van der Waals surface area contributed by atoms with Gasteiger partial charge in [-0.05, 0) is 18.2 Å². The summed E-state index contributed by atoms with van der Waals surface area (Å²) in [5, 5.41) is 5.35. The quantitative estimate of drug-likeness (QED) is 0.791. The van der Waals surface area contributed by atoms with Gasteiger partial charge in [-0.15, -0.1) is 0 Å². The summed E-state index contributed by atoms with van der Waals surface area (Å²) in [6.07, 6.45) is -2.68. The summed E-state index contributed by atoms with van der Waals surface area (Å²) < 4.78 is 27.0. The molecule has 1 aromatic carbocycles. The highest BCUT2D eigenvalue weighted by molar-refractivity contribution is 5.97. The lowest BCUT2D eigenvalue weighted by Crippen LogP contribution is -2.36. The molecule has 0 atom stereocenters. The number of nitrogens with one attached hydrogen (secondary N) is 2. The first kappa shape index (κ1) is 17.8. The van der Waals surface area contributed by atoms with Gasteiger partial charge in [0.15, 0.2) is 5.82 Å². The van der Waals surface area contributed by atoms with E-state index in [0.717, 1.165) is 0 Å². The van der Waals surface area contributed by atoms with Crippen LogP contribution in [0.3, 0.4) is 0 Å². The Hall–Kier alpha value is -2.51. The van der Waals surface area contributed by atoms with Crippen LogP contribution in [0.4, 0.5) is 8.78 Å². The molecule has 2 rings (SSSR count). The van der Waals surface area contributed by atoms with E-state index in [1.165, 1.54) is 17.7 Å². The second-order valence-corrected chi connectivity index (χ2v) is 5.73. The molecule has 0 aliphatic heterocycles. The molecule has 0 radical (unpaired) electrons. The summed E-state index contributed by atoms with van der Waals surface area (Å²) in [5.41, 5.74) is 1.20. The number of rotatable bonds is 6. The minimum Gasteiger partial charge on any atom is -0.354 e. The van der Waals surface area contributed by atoms with E-state index < -0.39 is 6.43 Å². The number of amides is 2. The molecule has 6 nitrogen and oxygen atoms in total. The van der Waals surface area contributed by atoms with Crippen molar-refractivity contribution in [2.24, 2.45) is 13.0 Å². The number of alkyl halides is 2. The van der Waals surface area contributed by atoms with Crippen LogP contribution in [-0.4, -0.2) is 34.5 Å². The summed E-state index contributed by atoms with van der Waals surface area (Å²) in [7, 11) is 1.51. The summed E-state index contributed by atoms with van der Waals surface area (Å²) >= 11 is 0. The van der Waals surface area contributed by atoms with Crippen molar-refractivity contribution in [2.75, 3.05) is 13.1 Å². The van der Waals surface area contributed by atoms with E-state index in [9.17, 15) is 18.4 Å². The summed E-state index contributed by atoms with van der Waals surface area (Å²) in [4.78, 5) is 27.4. The van der Waals surface area contributed by atoms with E-state index in [-0.39, 0.29) is 30.1 Å². The molecule has 0 unspecified atom stereocenters. The van der Waals surface area contributed by atoms with Gasteiger partial charge in [0.05, 0.1) is 11.0 Å². The molecular formula is C16H20F2N4O2. The highest BCUT2D eigenvalue weighted by Gasteiger charge is 2.17. The largest absolute Gasteiger partial charge is 0.354 e. The average molecular weight is 338 g/mol. The van der Waals surface area contributed by atoms with Gasteiger partial charge in [0.2, 0.25) is 5.91 Å². The Morgan fingerprint density at radius 2 is 1.88 bits per heavy atom. The second-order valence-electron chi connectivity index (χ2n) is 5.73. The van der Waals surface area contributed by atoms with Crippen LogP contribution in [0.25, 0.3) is 11.0 Å². The molecule has 1 heterocycles. The number of nitrogens with zero attached hydrogens (tertiary/aromatic N) is 2. The van der Waals surface area contributed by atoms with Crippen LogP contribution in [0.2, 0.25) is 0 Å². The van der Waals surface area contributed by atoms with Crippen molar-refractivity contribution in [3.05, 3.63) is 29.6 Å². The van der Waals surface area contributed by atoms with Crippen molar-refractivity contribution in [3.8, 4) is 0 Å². The molecule has 0 aliphatic rings. The number of fused-ring (bicyclic) bond motifs is 1. The first-order valence-corrected chi connectivity index (χ1v) is 7.61. The number of carbonyl (C=O) groups is 2. The topological polar surface area (TPSA) is 76.0 Å². The third-order valence-corrected chi connectivity index (χ3v) is 3.61. The first-order valence-electron chi connectivity index (χ1n) is 7.61. The van der Waals surface area contributed by atoms with Crippen LogP contribution in [0, 0.1) is 5.92 Å². The lowest BCUT2D eigenvalue weighted by molar-refractivity contribution is -0.123. The van der Waals surface area contributed by atoms with Gasteiger partial charge in [-0.2, -0.15) is 0 Å². The van der Waals surface area contributed by atoms with Crippen LogP contribution in [-0.2, 0) is 11.8 Å². The van der Waals surface area contributed by atoms with Crippen molar-refractivity contribution < 1.29 is 18.4 Å². The van der Waals surface area contributed by atoms with Crippen LogP contribution in [0.15, 0.2) is 18.2 Å². The van der Waals surface area contributed by atoms with Gasteiger partial charge in [-0.25, -0.2) is 13.8 Å². The Morgan fingerprint density at radius 3 is 2.50 bits per heavy atom. The van der Waals surface area contributed by atoms with Crippen LogP contribution >= 0.6 is 0 Å². The van der Waals surface area contributed by atoms with Crippen molar-refractivity contribution in [1.82, 2.24) is 20.2 Å². The molecule has 130 valence electrons. The van der Waals surface area contributed by atoms with Gasteiger partial charge < -0.3 is 15.2 Å². The fourth-order valence-electron chi connectivity index (χ4n) is 2.22. The molecule has 0 fully saturated rings. The molecular weight excluding hydrogens is 318 g/mol. The Morgan fingerprint density at radius 1 is 1.21 bits per heavy atom. The lowest BCUT2D eigenvalue weighted by atomic mass is 10.2. The number of hydrogen-bond donors (Lipinski definition) is 2. The fraction of sp³-hybridized carbons (Fsp3) is 0.438. The smallest absolute Gasteiger partial charge is 0.295 e. The zero-order valence-corrected chi connectivity index (χ0v) is 13.8. The first-order chi connectivity index (χ1) is 11.3. The highest BCUT2D eigenvalue weighted by Crippen LogP contribution is 2.23. The number of aryl methyl sites for hydroxylation is 1. The van der Waals surface area contributed by atoms with E-state index in [2.05, 4.69) is 15.6 Å². The number of benzene rings is 1. The highest BCUT2D eigenvalue weighted by atomic mass is 19.3. The number of halogens is 2. The van der Waals surface area contributed by atoms with Crippen molar-refractivity contribution in [3.63, 3.8) is 0 Å². The lowest BCUT2D eigenvalue weighted by Gasteiger charge is -2.09. The zero-order valence-electron chi connectivity index (χ0n) is 13.8. The molecule has 2 N–H and O–H groups in total. The molecule has 1 aromatic heterocycles. The minimum atomic E-state index is -2.68. The maximum atomic E-state index is 12.9. The van der Waals surface area contributed by atoms with Gasteiger partial charge in [-0.1, -0.05) is 13.8 Å². The summed E-state index contributed by atoms with van der Waals surface area (Å²) in [5.74, 6) is -0.881. The fourth-order valence-corrected chi connectivity index (χ4v) is 2.22. The Balaban J connectivity index is 2.01. The van der Waals surface area contributed by atoms with Gasteiger partial charge in [0.1, 0.15) is 0 Å². The second kappa shape index (κ2) is 7.37. The molecule has 0 aliphatic carbocycles. The molecule has 0 bridgehead atoms. The van der Waals surface area contributed by atoms with E-state index in [0.29, 0.717) is 23.1 Å². The molecule has 8 heteroatoms. The molecule has 2 aromatic rings. The van der Waals surface area contributed by atoms with Crippen LogP contribution in [0.5, 0.6) is 0 Å². The van der Waals surface area contributed by atoms with Crippen molar-refractivity contribution in [1.29, 1.82) is 0 Å². The summed E-state index contributed by atoms with van der Waals surface area (Å²) in [6.45, 7) is 4.16. The average Bonchev–Trinajstić information content (AvgIpc) is 2.87. The van der Waals surface area contributed by atoms with E-state index in [1.54, 1.807) is 26.0 Å². The SMILES string of the molecule is CC(C)C(=O)NCCNC(=O)c1ccc2c(c1)nc(C(F)F)n2C. The zero-order chi connectivity index (χ0) is 17.9.